The topological polar surface area (TPSA) is 47.3 Å². The largest absolute Gasteiger partial charge is 0.493 e. The minimum Gasteiger partial charge on any atom is -0.493 e. The maximum atomic E-state index is 10.3. The van der Waals surface area contributed by atoms with E-state index in [9.17, 15) is 5.11 Å². The van der Waals surface area contributed by atoms with E-state index in [1.807, 2.05) is 4.68 Å². The molecular formula is C13H24N2O2S. The molecule has 0 radical (unpaired) electrons. The molecule has 1 aromatic rings. The minimum absolute atomic E-state index is 0.143. The molecule has 0 spiro atoms. The number of rotatable bonds is 6. The van der Waals surface area contributed by atoms with Gasteiger partial charge in [-0.15, -0.1) is 0 Å². The summed E-state index contributed by atoms with van der Waals surface area (Å²) < 4.78 is 7.26. The number of hydrogen-bond donors (Lipinski definition) is 1. The van der Waals surface area contributed by atoms with Crippen LogP contribution in [0.4, 0.5) is 0 Å². The number of aliphatic hydroxyl groups is 1. The first-order valence-electron chi connectivity index (χ1n) is 6.30. The molecule has 18 heavy (non-hydrogen) atoms. The van der Waals surface area contributed by atoms with E-state index in [-0.39, 0.29) is 4.75 Å². The van der Waals surface area contributed by atoms with E-state index < -0.39 is 6.10 Å². The zero-order chi connectivity index (χ0) is 13.8. The fourth-order valence-corrected chi connectivity index (χ4v) is 2.48. The third kappa shape index (κ3) is 4.21. The van der Waals surface area contributed by atoms with Crippen molar-refractivity contribution in [3.05, 3.63) is 11.9 Å². The molecule has 1 atom stereocenters. The zero-order valence-corrected chi connectivity index (χ0v) is 12.8. The Morgan fingerprint density at radius 2 is 2.17 bits per heavy atom. The molecule has 0 amide bonds. The van der Waals surface area contributed by atoms with E-state index in [0.29, 0.717) is 11.5 Å². The Kier molecular flexibility index (Phi) is 5.53. The number of ether oxygens (including phenoxy) is 1. The van der Waals surface area contributed by atoms with Crippen LogP contribution in [0.1, 0.15) is 45.9 Å². The first-order valence-corrected chi connectivity index (χ1v) is 7.29. The molecule has 0 aromatic carbocycles. The van der Waals surface area contributed by atoms with Gasteiger partial charge in [-0.25, -0.2) is 0 Å². The highest BCUT2D eigenvalue weighted by Gasteiger charge is 2.22. The Bertz CT molecular complexity index is 372. The average molecular weight is 272 g/mol. The molecule has 104 valence electrons. The molecule has 1 rings (SSSR count). The van der Waals surface area contributed by atoms with Crippen LogP contribution in [0.3, 0.4) is 0 Å². The second-order valence-electron chi connectivity index (χ2n) is 5.26. The van der Waals surface area contributed by atoms with Gasteiger partial charge in [-0.3, -0.25) is 4.68 Å². The van der Waals surface area contributed by atoms with Gasteiger partial charge in [0.15, 0.2) is 5.75 Å². The number of nitrogens with zero attached hydrogens (tertiary/aromatic N) is 2. The summed E-state index contributed by atoms with van der Waals surface area (Å²) in [4.78, 5) is 0. The summed E-state index contributed by atoms with van der Waals surface area (Å²) in [7, 11) is 1.61. The Balaban J connectivity index is 2.82. The van der Waals surface area contributed by atoms with Crippen molar-refractivity contribution < 1.29 is 9.84 Å². The van der Waals surface area contributed by atoms with Gasteiger partial charge >= 0.3 is 0 Å². The monoisotopic (exact) mass is 272 g/mol. The molecule has 0 saturated carbocycles. The second kappa shape index (κ2) is 6.48. The van der Waals surface area contributed by atoms with Gasteiger partial charge in [0.2, 0.25) is 0 Å². The van der Waals surface area contributed by atoms with Gasteiger partial charge in [-0.2, -0.15) is 16.9 Å². The fraction of sp³-hybridized carbons (Fsp3) is 0.769. The van der Waals surface area contributed by atoms with Crippen molar-refractivity contribution in [3.8, 4) is 5.75 Å². The van der Waals surface area contributed by atoms with Gasteiger partial charge < -0.3 is 9.84 Å². The summed E-state index contributed by atoms with van der Waals surface area (Å²) in [5.41, 5.74) is 0.788. The van der Waals surface area contributed by atoms with Gasteiger partial charge in [-0.1, -0.05) is 27.7 Å². The van der Waals surface area contributed by atoms with E-state index in [4.69, 9.17) is 4.74 Å². The van der Waals surface area contributed by atoms with Crippen LogP contribution in [0.5, 0.6) is 5.75 Å². The van der Waals surface area contributed by atoms with Crippen molar-refractivity contribution in [2.24, 2.45) is 0 Å². The molecular weight excluding hydrogens is 248 g/mol. The molecule has 0 fully saturated rings. The van der Waals surface area contributed by atoms with Crippen molar-refractivity contribution in [2.75, 3.05) is 12.9 Å². The van der Waals surface area contributed by atoms with E-state index in [2.05, 4.69) is 32.8 Å². The third-order valence-electron chi connectivity index (χ3n) is 2.49. The van der Waals surface area contributed by atoms with Crippen LogP contribution in [-0.4, -0.2) is 32.5 Å². The van der Waals surface area contributed by atoms with Gasteiger partial charge in [0.1, 0.15) is 11.8 Å². The van der Waals surface area contributed by atoms with Crippen LogP contribution in [-0.2, 0) is 6.54 Å². The summed E-state index contributed by atoms with van der Waals surface area (Å²) in [5.74, 6) is 1.32. The first-order chi connectivity index (χ1) is 8.39. The lowest BCUT2D eigenvalue weighted by Gasteiger charge is -2.21. The third-order valence-corrected chi connectivity index (χ3v) is 3.84. The predicted octanol–water partition coefficient (Wildman–Crippen LogP) is 2.87. The molecule has 0 aliphatic heterocycles. The normalized spacial score (nSPS) is 13.7. The number of hydrogen-bond acceptors (Lipinski definition) is 4. The number of methoxy groups -OCH3 is 1. The minimum atomic E-state index is -0.543. The van der Waals surface area contributed by atoms with Crippen LogP contribution in [0.15, 0.2) is 6.20 Å². The Labute approximate surface area is 114 Å². The quantitative estimate of drug-likeness (QED) is 0.865. The molecule has 0 saturated heterocycles. The van der Waals surface area contributed by atoms with E-state index in [1.54, 1.807) is 25.1 Å². The number of aryl methyl sites for hydroxylation is 1. The van der Waals surface area contributed by atoms with Crippen LogP contribution in [0.2, 0.25) is 0 Å². The molecule has 0 bridgehead atoms. The van der Waals surface area contributed by atoms with E-state index in [1.165, 1.54) is 0 Å². The van der Waals surface area contributed by atoms with Crippen molar-refractivity contribution in [3.63, 3.8) is 0 Å². The van der Waals surface area contributed by atoms with Crippen molar-refractivity contribution in [2.45, 2.75) is 51.5 Å². The highest BCUT2D eigenvalue weighted by Crippen LogP contribution is 2.32. The number of aromatic nitrogens is 2. The summed E-state index contributed by atoms with van der Waals surface area (Å²) in [6.07, 6.45) is 2.12. The lowest BCUT2D eigenvalue weighted by atomic mass is 10.2. The summed E-state index contributed by atoms with van der Waals surface area (Å²) in [6.45, 7) is 9.32. The molecule has 4 nitrogen and oxygen atoms in total. The van der Waals surface area contributed by atoms with Crippen molar-refractivity contribution >= 4 is 11.8 Å². The maximum Gasteiger partial charge on any atom is 0.162 e. The van der Waals surface area contributed by atoms with Gasteiger partial charge in [-0.05, 0) is 6.42 Å². The summed E-state index contributed by atoms with van der Waals surface area (Å²) >= 11 is 1.74. The van der Waals surface area contributed by atoms with Crippen LogP contribution >= 0.6 is 11.8 Å². The Morgan fingerprint density at radius 1 is 1.50 bits per heavy atom. The maximum absolute atomic E-state index is 10.3. The first kappa shape index (κ1) is 15.4. The number of aliphatic hydroxyl groups excluding tert-OH is 1. The SMILES string of the molecule is CCCn1ncc(OC)c1C(O)CSC(C)(C)C. The van der Waals surface area contributed by atoms with Crippen LogP contribution < -0.4 is 4.74 Å². The van der Waals surface area contributed by atoms with Crippen LogP contribution in [0, 0.1) is 0 Å². The standard InChI is InChI=1S/C13H24N2O2S/c1-6-7-15-12(11(17-5)8-14-15)10(16)9-18-13(2,3)4/h8,10,16H,6-7,9H2,1-5H3. The molecule has 0 aliphatic carbocycles. The molecule has 1 heterocycles. The highest BCUT2D eigenvalue weighted by atomic mass is 32.2. The van der Waals surface area contributed by atoms with Crippen molar-refractivity contribution in [1.82, 2.24) is 9.78 Å². The lowest BCUT2D eigenvalue weighted by molar-refractivity contribution is 0.186. The second-order valence-corrected chi connectivity index (χ2v) is 7.11. The smallest absolute Gasteiger partial charge is 0.162 e. The Hall–Kier alpha value is -0.680. The fourth-order valence-electron chi connectivity index (χ4n) is 1.67. The molecule has 5 heteroatoms. The molecule has 1 unspecified atom stereocenters. The van der Waals surface area contributed by atoms with Gasteiger partial charge in [0.25, 0.3) is 0 Å². The number of thioether (sulfide) groups is 1. The molecule has 1 aromatic heterocycles. The lowest BCUT2D eigenvalue weighted by Crippen LogP contribution is -2.16. The molecule has 0 aliphatic rings. The van der Waals surface area contributed by atoms with Gasteiger partial charge in [0, 0.05) is 17.0 Å². The summed E-state index contributed by atoms with van der Waals surface area (Å²) in [5, 5.41) is 14.6. The van der Waals surface area contributed by atoms with Gasteiger partial charge in [0.05, 0.1) is 13.3 Å². The highest BCUT2D eigenvalue weighted by molar-refractivity contribution is 8.00. The van der Waals surface area contributed by atoms with Crippen molar-refractivity contribution in [1.29, 1.82) is 0 Å². The predicted molar refractivity (Wildman–Crippen MR) is 76.2 cm³/mol. The Morgan fingerprint density at radius 3 is 2.67 bits per heavy atom. The molecule has 1 N–H and O–H groups in total. The van der Waals surface area contributed by atoms with E-state index >= 15 is 0 Å². The van der Waals surface area contributed by atoms with Crippen LogP contribution in [0.25, 0.3) is 0 Å². The summed E-state index contributed by atoms with van der Waals surface area (Å²) in [6, 6.07) is 0. The zero-order valence-electron chi connectivity index (χ0n) is 11.9. The van der Waals surface area contributed by atoms with E-state index in [0.717, 1.165) is 18.7 Å². The average Bonchev–Trinajstić information content (AvgIpc) is 2.68.